The molecule has 1 aromatic carbocycles. The van der Waals surface area contributed by atoms with E-state index in [0.717, 1.165) is 36.7 Å². The first-order valence-electron chi connectivity index (χ1n) is 7.62. The lowest BCUT2D eigenvalue weighted by Gasteiger charge is -2.14. The molecule has 112 valence electrons. The van der Waals surface area contributed by atoms with Gasteiger partial charge in [0.1, 0.15) is 5.76 Å². The Balaban J connectivity index is 1.76. The van der Waals surface area contributed by atoms with Crippen molar-refractivity contribution in [2.24, 2.45) is 0 Å². The molecule has 0 radical (unpaired) electrons. The summed E-state index contributed by atoms with van der Waals surface area (Å²) in [5.74, 6) is 1.34. The van der Waals surface area contributed by atoms with Crippen LogP contribution < -0.4 is 0 Å². The van der Waals surface area contributed by atoms with Gasteiger partial charge in [0.05, 0.1) is 37.1 Å². The zero-order valence-electron chi connectivity index (χ0n) is 12.3. The van der Waals surface area contributed by atoms with Crippen LogP contribution in [0.1, 0.15) is 23.8 Å². The Bertz CT molecular complexity index is 726. The second kappa shape index (κ2) is 5.81. The van der Waals surface area contributed by atoms with E-state index in [1.165, 1.54) is 5.69 Å². The average molecular weight is 294 g/mol. The van der Waals surface area contributed by atoms with Crippen LogP contribution >= 0.6 is 0 Å². The molecule has 1 aliphatic rings. The maximum atomic E-state index is 5.60. The van der Waals surface area contributed by atoms with Crippen LogP contribution in [0.15, 0.2) is 59.5 Å². The van der Waals surface area contributed by atoms with Crippen LogP contribution in [-0.4, -0.2) is 22.8 Å². The van der Waals surface area contributed by atoms with Crippen molar-refractivity contribution in [3.8, 4) is 11.3 Å². The van der Waals surface area contributed by atoms with Gasteiger partial charge < -0.3 is 13.7 Å². The van der Waals surface area contributed by atoms with E-state index in [2.05, 4.69) is 33.8 Å². The number of nitrogens with zero attached hydrogens (tertiary/aromatic N) is 2. The molecule has 0 spiro atoms. The lowest BCUT2D eigenvalue weighted by molar-refractivity contribution is 0.193. The van der Waals surface area contributed by atoms with E-state index in [9.17, 15) is 0 Å². The molecule has 4 rings (SSSR count). The molecule has 0 aliphatic carbocycles. The summed E-state index contributed by atoms with van der Waals surface area (Å²) in [6.45, 7) is 2.30. The van der Waals surface area contributed by atoms with Gasteiger partial charge in [0, 0.05) is 18.1 Å². The van der Waals surface area contributed by atoms with Gasteiger partial charge in [-0.15, -0.1) is 0 Å². The summed E-state index contributed by atoms with van der Waals surface area (Å²) in [5, 5.41) is 0. The summed E-state index contributed by atoms with van der Waals surface area (Å²) in [4.78, 5) is 4.68. The van der Waals surface area contributed by atoms with Crippen LogP contribution in [0.25, 0.3) is 11.3 Å². The maximum absolute atomic E-state index is 5.60. The van der Waals surface area contributed by atoms with Gasteiger partial charge in [-0.25, -0.2) is 4.98 Å². The third-order valence-electron chi connectivity index (χ3n) is 4.15. The highest BCUT2D eigenvalue weighted by molar-refractivity contribution is 5.62. The van der Waals surface area contributed by atoms with E-state index in [0.29, 0.717) is 12.5 Å². The molecule has 0 amide bonds. The first kappa shape index (κ1) is 13.3. The van der Waals surface area contributed by atoms with E-state index in [4.69, 9.17) is 9.15 Å². The van der Waals surface area contributed by atoms with E-state index >= 15 is 0 Å². The van der Waals surface area contributed by atoms with Gasteiger partial charge in [-0.1, -0.05) is 30.3 Å². The fourth-order valence-electron chi connectivity index (χ4n) is 3.08. The molecule has 0 saturated carbocycles. The minimum absolute atomic E-state index is 0.396. The van der Waals surface area contributed by atoms with Gasteiger partial charge in [0.15, 0.2) is 0 Å². The lowest BCUT2D eigenvalue weighted by atomic mass is 9.99. The third kappa shape index (κ3) is 2.46. The molecule has 1 fully saturated rings. The number of rotatable bonds is 4. The van der Waals surface area contributed by atoms with Crippen molar-refractivity contribution >= 4 is 0 Å². The zero-order valence-corrected chi connectivity index (χ0v) is 12.3. The number of furan rings is 1. The molecule has 0 N–H and O–H groups in total. The minimum atomic E-state index is 0.396. The Labute approximate surface area is 129 Å². The molecule has 1 atom stereocenters. The van der Waals surface area contributed by atoms with Crippen LogP contribution in [0.3, 0.4) is 0 Å². The zero-order chi connectivity index (χ0) is 14.8. The topological polar surface area (TPSA) is 40.2 Å². The van der Waals surface area contributed by atoms with Crippen LogP contribution in [0.5, 0.6) is 0 Å². The smallest absolute Gasteiger partial charge is 0.123 e. The van der Waals surface area contributed by atoms with Crippen LogP contribution in [0.2, 0.25) is 0 Å². The van der Waals surface area contributed by atoms with E-state index in [-0.39, 0.29) is 0 Å². The summed E-state index contributed by atoms with van der Waals surface area (Å²) in [6, 6.07) is 14.3. The van der Waals surface area contributed by atoms with Crippen molar-refractivity contribution < 1.29 is 9.15 Å². The minimum Gasteiger partial charge on any atom is -0.467 e. The molecule has 3 aromatic rings. The monoisotopic (exact) mass is 294 g/mol. The van der Waals surface area contributed by atoms with Crippen molar-refractivity contribution in [2.75, 3.05) is 13.2 Å². The molecular formula is C18H18N2O2. The predicted molar refractivity (Wildman–Crippen MR) is 83.7 cm³/mol. The molecular weight excluding hydrogens is 276 g/mol. The molecule has 0 bridgehead atoms. The lowest BCUT2D eigenvalue weighted by Crippen LogP contribution is -2.09. The number of hydrogen-bond acceptors (Lipinski definition) is 3. The molecule has 1 saturated heterocycles. The molecule has 3 heterocycles. The summed E-state index contributed by atoms with van der Waals surface area (Å²) in [7, 11) is 0. The Morgan fingerprint density at radius 1 is 1.14 bits per heavy atom. The van der Waals surface area contributed by atoms with Crippen molar-refractivity contribution in [2.45, 2.75) is 18.9 Å². The Hall–Kier alpha value is -2.33. The molecule has 1 unspecified atom stereocenters. The highest BCUT2D eigenvalue weighted by Gasteiger charge is 2.26. The summed E-state index contributed by atoms with van der Waals surface area (Å²) < 4.78 is 13.3. The average Bonchev–Trinajstić information content (AvgIpc) is 3.30. The van der Waals surface area contributed by atoms with Crippen LogP contribution in [0, 0.1) is 0 Å². The normalized spacial score (nSPS) is 17.9. The third-order valence-corrected chi connectivity index (χ3v) is 4.15. The van der Waals surface area contributed by atoms with Gasteiger partial charge in [-0.2, -0.15) is 0 Å². The number of hydrogen-bond donors (Lipinski definition) is 0. The van der Waals surface area contributed by atoms with E-state index < -0.39 is 0 Å². The number of aromatic nitrogens is 2. The fraction of sp³-hybridized carbons (Fsp3) is 0.278. The van der Waals surface area contributed by atoms with Gasteiger partial charge in [0.2, 0.25) is 0 Å². The van der Waals surface area contributed by atoms with Crippen molar-refractivity contribution in [1.82, 2.24) is 9.55 Å². The molecule has 2 aromatic heterocycles. The molecule has 4 heteroatoms. The largest absolute Gasteiger partial charge is 0.467 e. The number of benzene rings is 1. The summed E-state index contributed by atoms with van der Waals surface area (Å²) in [6.07, 6.45) is 4.67. The summed E-state index contributed by atoms with van der Waals surface area (Å²) in [5.41, 5.74) is 3.46. The van der Waals surface area contributed by atoms with Gasteiger partial charge in [0.25, 0.3) is 0 Å². The Morgan fingerprint density at radius 3 is 2.77 bits per heavy atom. The van der Waals surface area contributed by atoms with Gasteiger partial charge >= 0.3 is 0 Å². The highest BCUT2D eigenvalue weighted by atomic mass is 16.5. The van der Waals surface area contributed by atoms with E-state index in [1.807, 2.05) is 24.5 Å². The Morgan fingerprint density at radius 2 is 2.05 bits per heavy atom. The second-order valence-electron chi connectivity index (χ2n) is 5.61. The standard InChI is InChI=1S/C18H18N2O2/c1-2-5-14(6-3-1)17-18(15-8-10-21-12-15)20(13-19-17)11-16-7-4-9-22-16/h1-7,9,13,15H,8,10-12H2. The first-order valence-corrected chi connectivity index (χ1v) is 7.62. The SMILES string of the molecule is c1ccc(-c2ncn(Cc3ccco3)c2C2CCOC2)cc1. The maximum Gasteiger partial charge on any atom is 0.123 e. The summed E-state index contributed by atoms with van der Waals surface area (Å²) >= 11 is 0. The molecule has 4 nitrogen and oxygen atoms in total. The van der Waals surface area contributed by atoms with Crippen LogP contribution in [0.4, 0.5) is 0 Å². The van der Waals surface area contributed by atoms with Crippen molar-refractivity contribution in [3.63, 3.8) is 0 Å². The quantitative estimate of drug-likeness (QED) is 0.736. The van der Waals surface area contributed by atoms with E-state index in [1.54, 1.807) is 6.26 Å². The van der Waals surface area contributed by atoms with Gasteiger partial charge in [-0.05, 0) is 18.6 Å². The predicted octanol–water partition coefficient (Wildman–Crippen LogP) is 3.70. The second-order valence-corrected chi connectivity index (χ2v) is 5.61. The Kier molecular flexibility index (Phi) is 3.52. The molecule has 22 heavy (non-hydrogen) atoms. The highest BCUT2D eigenvalue weighted by Crippen LogP contribution is 2.33. The van der Waals surface area contributed by atoms with Crippen molar-refractivity contribution in [3.05, 3.63) is 66.5 Å². The number of imidazole rings is 1. The molecule has 1 aliphatic heterocycles. The fourth-order valence-corrected chi connectivity index (χ4v) is 3.08. The van der Waals surface area contributed by atoms with Crippen molar-refractivity contribution in [1.29, 1.82) is 0 Å². The van der Waals surface area contributed by atoms with Crippen LogP contribution in [-0.2, 0) is 11.3 Å². The number of ether oxygens (including phenoxy) is 1. The van der Waals surface area contributed by atoms with Gasteiger partial charge in [-0.3, -0.25) is 0 Å². The first-order chi connectivity index (χ1) is 10.9.